The van der Waals surface area contributed by atoms with E-state index >= 15 is 0 Å². The maximum Gasteiger partial charge on any atom is 0.222 e. The number of rotatable bonds is 3. The van der Waals surface area contributed by atoms with Gasteiger partial charge in [-0.2, -0.15) is 0 Å². The molecule has 0 atom stereocenters. The van der Waals surface area contributed by atoms with E-state index < -0.39 is 0 Å². The minimum atomic E-state index is 0.190. The SMILES string of the molecule is CCC(=O)N(CC(C)(C)C)C(C)C. The largest absolute Gasteiger partial charge is 0.340 e. The van der Waals surface area contributed by atoms with Crippen molar-refractivity contribution >= 4 is 5.91 Å². The van der Waals surface area contributed by atoms with E-state index in [0.29, 0.717) is 12.5 Å². The third kappa shape index (κ3) is 4.91. The van der Waals surface area contributed by atoms with Crippen molar-refractivity contribution in [2.45, 2.75) is 54.0 Å². The van der Waals surface area contributed by atoms with Crippen LogP contribution in [0.3, 0.4) is 0 Å². The molecule has 0 unspecified atom stereocenters. The number of hydrogen-bond acceptors (Lipinski definition) is 1. The molecule has 0 saturated carbocycles. The van der Waals surface area contributed by atoms with E-state index in [1.807, 2.05) is 11.8 Å². The summed E-state index contributed by atoms with van der Waals surface area (Å²) in [4.78, 5) is 13.5. The first-order valence-electron chi connectivity index (χ1n) is 5.07. The molecule has 0 heterocycles. The quantitative estimate of drug-likeness (QED) is 0.662. The van der Waals surface area contributed by atoms with Crippen molar-refractivity contribution < 1.29 is 4.79 Å². The van der Waals surface area contributed by atoms with Crippen LogP contribution in [0.2, 0.25) is 0 Å². The van der Waals surface area contributed by atoms with Gasteiger partial charge >= 0.3 is 0 Å². The zero-order valence-electron chi connectivity index (χ0n) is 9.85. The molecule has 0 rings (SSSR count). The van der Waals surface area contributed by atoms with Gasteiger partial charge < -0.3 is 4.90 Å². The average molecular weight is 185 g/mol. The van der Waals surface area contributed by atoms with Crippen LogP contribution in [0, 0.1) is 5.41 Å². The number of amides is 1. The molecule has 0 spiro atoms. The zero-order chi connectivity index (χ0) is 10.6. The van der Waals surface area contributed by atoms with E-state index in [1.165, 1.54) is 0 Å². The van der Waals surface area contributed by atoms with E-state index in [-0.39, 0.29) is 11.3 Å². The predicted molar refractivity (Wildman–Crippen MR) is 56.6 cm³/mol. The lowest BCUT2D eigenvalue weighted by atomic mass is 9.95. The Morgan fingerprint density at radius 3 is 2.00 bits per heavy atom. The second-order valence-electron chi connectivity index (χ2n) is 5.03. The molecule has 0 N–H and O–H groups in total. The van der Waals surface area contributed by atoms with Gasteiger partial charge in [0.05, 0.1) is 0 Å². The normalized spacial score (nSPS) is 11.9. The van der Waals surface area contributed by atoms with Gasteiger partial charge in [0.1, 0.15) is 0 Å². The van der Waals surface area contributed by atoms with Crippen LogP contribution >= 0.6 is 0 Å². The van der Waals surface area contributed by atoms with Crippen molar-refractivity contribution in [3.63, 3.8) is 0 Å². The van der Waals surface area contributed by atoms with Gasteiger partial charge in [0, 0.05) is 19.0 Å². The molecule has 0 aromatic rings. The van der Waals surface area contributed by atoms with Crippen molar-refractivity contribution in [3.8, 4) is 0 Å². The summed E-state index contributed by atoms with van der Waals surface area (Å²) >= 11 is 0. The van der Waals surface area contributed by atoms with Gasteiger partial charge in [0.2, 0.25) is 5.91 Å². The van der Waals surface area contributed by atoms with Gasteiger partial charge in [0.25, 0.3) is 0 Å². The Hall–Kier alpha value is -0.530. The van der Waals surface area contributed by atoms with Crippen LogP contribution < -0.4 is 0 Å². The van der Waals surface area contributed by atoms with Gasteiger partial charge in [-0.15, -0.1) is 0 Å². The van der Waals surface area contributed by atoms with E-state index in [2.05, 4.69) is 34.6 Å². The highest BCUT2D eigenvalue weighted by Gasteiger charge is 2.21. The second-order valence-corrected chi connectivity index (χ2v) is 5.03. The first kappa shape index (κ1) is 12.5. The Balaban J connectivity index is 4.36. The molecular formula is C11H23NO. The van der Waals surface area contributed by atoms with Gasteiger partial charge in [-0.1, -0.05) is 27.7 Å². The molecule has 13 heavy (non-hydrogen) atoms. The third-order valence-electron chi connectivity index (χ3n) is 1.89. The van der Waals surface area contributed by atoms with Crippen molar-refractivity contribution in [2.24, 2.45) is 5.41 Å². The van der Waals surface area contributed by atoms with Gasteiger partial charge in [-0.3, -0.25) is 4.79 Å². The number of hydrogen-bond donors (Lipinski definition) is 0. The lowest BCUT2D eigenvalue weighted by Gasteiger charge is -2.33. The summed E-state index contributed by atoms with van der Waals surface area (Å²) in [6.07, 6.45) is 0.605. The van der Waals surface area contributed by atoms with Crippen LogP contribution in [-0.2, 0) is 4.79 Å². The average Bonchev–Trinajstić information content (AvgIpc) is 1.96. The molecule has 1 amide bonds. The molecule has 0 radical (unpaired) electrons. The maximum atomic E-state index is 11.6. The minimum absolute atomic E-state index is 0.190. The van der Waals surface area contributed by atoms with Gasteiger partial charge in [0.15, 0.2) is 0 Å². The summed E-state index contributed by atoms with van der Waals surface area (Å²) in [6.45, 7) is 13.4. The first-order valence-corrected chi connectivity index (χ1v) is 5.07. The fraction of sp³-hybridized carbons (Fsp3) is 0.909. The molecule has 0 aromatic carbocycles. The molecule has 0 saturated heterocycles. The van der Waals surface area contributed by atoms with Gasteiger partial charge in [-0.25, -0.2) is 0 Å². The van der Waals surface area contributed by atoms with Crippen LogP contribution in [0.1, 0.15) is 48.0 Å². The monoisotopic (exact) mass is 185 g/mol. The maximum absolute atomic E-state index is 11.6. The molecule has 2 nitrogen and oxygen atoms in total. The fourth-order valence-electron chi connectivity index (χ4n) is 1.27. The Kier molecular flexibility index (Phi) is 4.45. The van der Waals surface area contributed by atoms with Crippen LogP contribution in [0.15, 0.2) is 0 Å². The lowest BCUT2D eigenvalue weighted by molar-refractivity contribution is -0.133. The molecular weight excluding hydrogens is 162 g/mol. The molecule has 0 aliphatic heterocycles. The molecule has 0 aliphatic carbocycles. The standard InChI is InChI=1S/C11H23NO/c1-7-10(13)12(9(2)3)8-11(4,5)6/h9H,7-8H2,1-6H3. The Bertz CT molecular complexity index is 167. The Labute approximate surface area is 82.3 Å². The van der Waals surface area contributed by atoms with Crippen LogP contribution in [0.5, 0.6) is 0 Å². The third-order valence-corrected chi connectivity index (χ3v) is 1.89. The smallest absolute Gasteiger partial charge is 0.222 e. The summed E-state index contributed by atoms with van der Waals surface area (Å²) in [7, 11) is 0. The molecule has 0 aromatic heterocycles. The molecule has 0 bridgehead atoms. The summed E-state index contributed by atoms with van der Waals surface area (Å²) in [5.74, 6) is 0.255. The van der Waals surface area contributed by atoms with Crippen LogP contribution in [0.25, 0.3) is 0 Å². The topological polar surface area (TPSA) is 20.3 Å². The summed E-state index contributed by atoms with van der Waals surface area (Å²) in [5, 5.41) is 0. The molecule has 78 valence electrons. The highest BCUT2D eigenvalue weighted by molar-refractivity contribution is 5.76. The van der Waals surface area contributed by atoms with Crippen LogP contribution in [-0.4, -0.2) is 23.4 Å². The second kappa shape index (κ2) is 4.64. The van der Waals surface area contributed by atoms with Crippen molar-refractivity contribution in [1.82, 2.24) is 4.90 Å². The summed E-state index contributed by atoms with van der Waals surface area (Å²) in [6, 6.07) is 0.312. The predicted octanol–water partition coefficient (Wildman–Crippen LogP) is 2.68. The highest BCUT2D eigenvalue weighted by Crippen LogP contribution is 2.17. The minimum Gasteiger partial charge on any atom is -0.340 e. The van der Waals surface area contributed by atoms with E-state index in [4.69, 9.17) is 0 Å². The zero-order valence-corrected chi connectivity index (χ0v) is 9.85. The van der Waals surface area contributed by atoms with Crippen LogP contribution in [0.4, 0.5) is 0 Å². The van der Waals surface area contributed by atoms with E-state index in [1.54, 1.807) is 0 Å². The van der Waals surface area contributed by atoms with Crippen molar-refractivity contribution in [2.75, 3.05) is 6.54 Å². The first-order chi connectivity index (χ1) is 5.78. The molecule has 0 fully saturated rings. The number of carbonyl (C=O) groups is 1. The lowest BCUT2D eigenvalue weighted by Crippen LogP contribution is -2.41. The van der Waals surface area contributed by atoms with Crippen molar-refractivity contribution in [3.05, 3.63) is 0 Å². The molecule has 2 heteroatoms. The van der Waals surface area contributed by atoms with E-state index in [9.17, 15) is 4.79 Å². The number of carbonyl (C=O) groups excluding carboxylic acids is 1. The Morgan fingerprint density at radius 1 is 1.31 bits per heavy atom. The number of nitrogens with zero attached hydrogens (tertiary/aromatic N) is 1. The summed E-state index contributed by atoms with van der Waals surface area (Å²) in [5.41, 5.74) is 0.190. The highest BCUT2D eigenvalue weighted by atomic mass is 16.2. The fourth-order valence-corrected chi connectivity index (χ4v) is 1.27. The summed E-state index contributed by atoms with van der Waals surface area (Å²) < 4.78 is 0. The Morgan fingerprint density at radius 2 is 1.77 bits per heavy atom. The van der Waals surface area contributed by atoms with Gasteiger partial charge in [-0.05, 0) is 19.3 Å². The molecule has 0 aliphatic rings. The van der Waals surface area contributed by atoms with Crippen molar-refractivity contribution in [1.29, 1.82) is 0 Å². The van der Waals surface area contributed by atoms with E-state index in [0.717, 1.165) is 6.54 Å².